The third-order valence-electron chi connectivity index (χ3n) is 4.10. The predicted octanol–water partition coefficient (Wildman–Crippen LogP) is 3.42. The third kappa shape index (κ3) is 2.25. The molecule has 1 atom stereocenters. The minimum absolute atomic E-state index is 0.000880. The van der Waals surface area contributed by atoms with Crippen LogP contribution in [0.3, 0.4) is 0 Å². The number of ether oxygens (including phenoxy) is 1. The molecule has 0 heterocycles. The molecule has 0 bridgehead atoms. The number of aldehydes is 1. The Morgan fingerprint density at radius 3 is 2.76 bits per heavy atom. The average Bonchev–Trinajstić information content (AvgIpc) is 2.98. The minimum atomic E-state index is -0.225. The van der Waals surface area contributed by atoms with E-state index in [1.807, 2.05) is 18.2 Å². The Balaban J connectivity index is 2.05. The van der Waals surface area contributed by atoms with Crippen LogP contribution in [-0.4, -0.2) is 19.2 Å². The van der Waals surface area contributed by atoms with Gasteiger partial charge < -0.3 is 4.74 Å². The lowest BCUT2D eigenvalue weighted by molar-refractivity contribution is 0.0953. The molecule has 0 N–H and O–H groups in total. The number of hydrogen-bond acceptors (Lipinski definition) is 3. The molecule has 1 unspecified atom stereocenters. The third-order valence-corrected chi connectivity index (χ3v) is 4.10. The first-order valence-corrected chi connectivity index (χ1v) is 7.00. The molecule has 0 aromatic heterocycles. The molecular weight excluding hydrogens is 264 g/mol. The summed E-state index contributed by atoms with van der Waals surface area (Å²) >= 11 is 0. The van der Waals surface area contributed by atoms with Crippen LogP contribution in [0, 0.1) is 0 Å². The second kappa shape index (κ2) is 5.52. The molecule has 0 fully saturated rings. The van der Waals surface area contributed by atoms with E-state index in [0.29, 0.717) is 11.1 Å². The Kier molecular flexibility index (Phi) is 3.57. The van der Waals surface area contributed by atoms with Gasteiger partial charge in [0.05, 0.1) is 13.0 Å². The van der Waals surface area contributed by atoms with E-state index in [9.17, 15) is 9.59 Å². The van der Waals surface area contributed by atoms with Crippen LogP contribution in [0.2, 0.25) is 0 Å². The first kappa shape index (κ1) is 13.6. The van der Waals surface area contributed by atoms with Crippen molar-refractivity contribution in [2.75, 3.05) is 7.11 Å². The van der Waals surface area contributed by atoms with Gasteiger partial charge in [-0.05, 0) is 24.5 Å². The van der Waals surface area contributed by atoms with E-state index in [1.54, 1.807) is 31.4 Å². The zero-order valence-electron chi connectivity index (χ0n) is 11.8. The molecule has 106 valence electrons. The van der Waals surface area contributed by atoms with Crippen molar-refractivity contribution in [1.82, 2.24) is 0 Å². The van der Waals surface area contributed by atoms with Gasteiger partial charge in [0.1, 0.15) is 5.75 Å². The van der Waals surface area contributed by atoms with Crippen LogP contribution in [-0.2, 0) is 6.42 Å². The molecule has 3 rings (SSSR count). The van der Waals surface area contributed by atoms with Crippen molar-refractivity contribution < 1.29 is 14.3 Å². The maximum Gasteiger partial charge on any atom is 0.171 e. The van der Waals surface area contributed by atoms with Gasteiger partial charge in [-0.1, -0.05) is 36.4 Å². The number of hydrogen-bond donors (Lipinski definition) is 0. The standard InChI is InChI=1S/C18H16O3/c1-21-16-8-4-6-12-9-10-15(17(12)16)18(20)14-7-3-2-5-13(14)11-19/h2-8,11,15H,9-10H2,1H3. The van der Waals surface area contributed by atoms with Crippen LogP contribution in [0.4, 0.5) is 0 Å². The summed E-state index contributed by atoms with van der Waals surface area (Å²) in [6, 6.07) is 12.8. The van der Waals surface area contributed by atoms with E-state index in [1.165, 1.54) is 0 Å². The molecular formula is C18H16O3. The molecule has 3 heteroatoms. The first-order valence-electron chi connectivity index (χ1n) is 7.00. The van der Waals surface area contributed by atoms with Crippen LogP contribution in [0.15, 0.2) is 42.5 Å². The number of carbonyl (C=O) groups excluding carboxylic acids is 2. The highest BCUT2D eigenvalue weighted by molar-refractivity contribution is 6.07. The van der Waals surface area contributed by atoms with E-state index in [2.05, 4.69) is 0 Å². The van der Waals surface area contributed by atoms with Crippen molar-refractivity contribution in [3.63, 3.8) is 0 Å². The Labute approximate surface area is 123 Å². The molecule has 0 amide bonds. The summed E-state index contributed by atoms with van der Waals surface area (Å²) in [5.74, 6) is 0.533. The van der Waals surface area contributed by atoms with E-state index in [4.69, 9.17) is 4.74 Å². The lowest BCUT2D eigenvalue weighted by Gasteiger charge is -2.15. The molecule has 21 heavy (non-hydrogen) atoms. The van der Waals surface area contributed by atoms with Crippen molar-refractivity contribution >= 4 is 12.1 Å². The molecule has 0 spiro atoms. The molecule has 2 aromatic rings. The first-order chi connectivity index (χ1) is 10.3. The fraction of sp³-hybridized carbons (Fsp3) is 0.222. The molecule has 1 aliphatic carbocycles. The molecule has 0 saturated carbocycles. The van der Waals surface area contributed by atoms with Crippen molar-refractivity contribution in [3.05, 3.63) is 64.7 Å². The fourth-order valence-electron chi connectivity index (χ4n) is 3.10. The summed E-state index contributed by atoms with van der Waals surface area (Å²) in [5.41, 5.74) is 3.09. The van der Waals surface area contributed by atoms with Crippen LogP contribution in [0.1, 0.15) is 44.2 Å². The highest BCUT2D eigenvalue weighted by atomic mass is 16.5. The van der Waals surface area contributed by atoms with E-state index < -0.39 is 0 Å². The number of ketones is 1. The van der Waals surface area contributed by atoms with Gasteiger partial charge in [0.2, 0.25) is 0 Å². The van der Waals surface area contributed by atoms with Crippen LogP contribution < -0.4 is 4.74 Å². The maximum atomic E-state index is 12.8. The van der Waals surface area contributed by atoms with Gasteiger partial charge in [0.25, 0.3) is 0 Å². The fourth-order valence-corrected chi connectivity index (χ4v) is 3.10. The largest absolute Gasteiger partial charge is 0.496 e. The molecule has 0 saturated heterocycles. The zero-order valence-corrected chi connectivity index (χ0v) is 11.8. The van der Waals surface area contributed by atoms with E-state index >= 15 is 0 Å². The summed E-state index contributed by atoms with van der Waals surface area (Å²) in [6.07, 6.45) is 2.37. The lowest BCUT2D eigenvalue weighted by atomic mass is 9.89. The highest BCUT2D eigenvalue weighted by Crippen LogP contribution is 2.41. The topological polar surface area (TPSA) is 43.4 Å². The zero-order chi connectivity index (χ0) is 14.8. The number of aryl methyl sites for hydroxylation is 1. The Morgan fingerprint density at radius 1 is 1.19 bits per heavy atom. The van der Waals surface area contributed by atoms with Gasteiger partial charge in [-0.15, -0.1) is 0 Å². The van der Waals surface area contributed by atoms with Gasteiger partial charge in [0.15, 0.2) is 12.1 Å². The summed E-state index contributed by atoms with van der Waals surface area (Å²) in [5, 5.41) is 0. The maximum absolute atomic E-state index is 12.8. The van der Waals surface area contributed by atoms with Crippen LogP contribution in [0.5, 0.6) is 5.75 Å². The number of benzene rings is 2. The highest BCUT2D eigenvalue weighted by Gasteiger charge is 2.32. The number of Topliss-reactive ketones (excluding diaryl/α,β-unsaturated/α-hetero) is 1. The second-order valence-electron chi connectivity index (χ2n) is 5.19. The number of fused-ring (bicyclic) bond motifs is 1. The summed E-state index contributed by atoms with van der Waals surface area (Å²) in [6.45, 7) is 0. The molecule has 2 aromatic carbocycles. The molecule has 1 aliphatic rings. The Bertz CT molecular complexity index is 703. The van der Waals surface area contributed by atoms with Gasteiger partial charge in [-0.2, -0.15) is 0 Å². The van der Waals surface area contributed by atoms with Crippen molar-refractivity contribution in [3.8, 4) is 5.75 Å². The van der Waals surface area contributed by atoms with E-state index in [0.717, 1.165) is 36.0 Å². The summed E-state index contributed by atoms with van der Waals surface area (Å²) in [4.78, 5) is 24.0. The quantitative estimate of drug-likeness (QED) is 0.636. The molecule has 3 nitrogen and oxygen atoms in total. The van der Waals surface area contributed by atoms with Gasteiger partial charge in [0, 0.05) is 16.7 Å². The summed E-state index contributed by atoms with van der Waals surface area (Å²) in [7, 11) is 1.62. The van der Waals surface area contributed by atoms with Gasteiger partial charge in [-0.25, -0.2) is 0 Å². The summed E-state index contributed by atoms with van der Waals surface area (Å²) < 4.78 is 5.41. The molecule has 0 aliphatic heterocycles. The lowest BCUT2D eigenvalue weighted by Crippen LogP contribution is -2.13. The van der Waals surface area contributed by atoms with Crippen LogP contribution in [0.25, 0.3) is 0 Å². The number of carbonyl (C=O) groups is 2. The molecule has 0 radical (unpaired) electrons. The predicted molar refractivity (Wildman–Crippen MR) is 80.2 cm³/mol. The Hall–Kier alpha value is -2.42. The van der Waals surface area contributed by atoms with Crippen molar-refractivity contribution in [1.29, 1.82) is 0 Å². The van der Waals surface area contributed by atoms with Gasteiger partial charge in [-0.3, -0.25) is 9.59 Å². The van der Waals surface area contributed by atoms with Crippen molar-refractivity contribution in [2.24, 2.45) is 0 Å². The van der Waals surface area contributed by atoms with Gasteiger partial charge >= 0.3 is 0 Å². The van der Waals surface area contributed by atoms with Crippen LogP contribution >= 0.6 is 0 Å². The average molecular weight is 280 g/mol. The normalized spacial score (nSPS) is 16.3. The second-order valence-corrected chi connectivity index (χ2v) is 5.19. The smallest absolute Gasteiger partial charge is 0.171 e. The minimum Gasteiger partial charge on any atom is -0.496 e. The Morgan fingerprint density at radius 2 is 2.00 bits per heavy atom. The SMILES string of the molecule is COc1cccc2c1C(C(=O)c1ccccc1C=O)CC2. The van der Waals surface area contributed by atoms with Crippen molar-refractivity contribution in [2.45, 2.75) is 18.8 Å². The monoisotopic (exact) mass is 280 g/mol. The number of methoxy groups -OCH3 is 1. The van der Waals surface area contributed by atoms with E-state index in [-0.39, 0.29) is 11.7 Å². The number of rotatable bonds is 4.